The van der Waals surface area contributed by atoms with Crippen molar-refractivity contribution in [3.63, 3.8) is 0 Å². The predicted octanol–water partition coefficient (Wildman–Crippen LogP) is 1.92. The molecule has 2 aromatic rings. The molecule has 0 spiro atoms. The zero-order valence-corrected chi connectivity index (χ0v) is 9.55. The van der Waals surface area contributed by atoms with Gasteiger partial charge in [-0.2, -0.15) is 0 Å². The Morgan fingerprint density at radius 3 is 2.50 bits per heavy atom. The molecular weight excluding hydrogens is 230 g/mol. The summed E-state index contributed by atoms with van der Waals surface area (Å²) in [5, 5.41) is 9.10. The lowest BCUT2D eigenvalue weighted by molar-refractivity contribution is 0.0698. The van der Waals surface area contributed by atoms with Crippen LogP contribution in [0.4, 0.5) is 11.4 Å². The molecule has 0 aliphatic rings. The van der Waals surface area contributed by atoms with Crippen LogP contribution in [0.1, 0.15) is 10.4 Å². The number of nitrogen functional groups attached to an aromatic ring is 2. The number of nitrogens with two attached hydrogens (primary N) is 2. The normalized spacial score (nSPS) is 10.1. The van der Waals surface area contributed by atoms with E-state index < -0.39 is 5.97 Å². The highest BCUT2D eigenvalue weighted by atomic mass is 16.4. The third-order valence-electron chi connectivity index (χ3n) is 2.64. The van der Waals surface area contributed by atoms with Crippen LogP contribution >= 0.6 is 0 Å². The third kappa shape index (κ3) is 2.11. The van der Waals surface area contributed by atoms with E-state index in [-0.39, 0.29) is 5.56 Å². The molecule has 0 radical (unpaired) electrons. The molecule has 2 aromatic carbocycles. The Morgan fingerprint density at radius 2 is 1.89 bits per heavy atom. The smallest absolute Gasteiger partial charge is 0.337 e. The lowest BCUT2D eigenvalue weighted by Gasteiger charge is -2.12. The van der Waals surface area contributed by atoms with Crippen molar-refractivity contribution in [2.24, 2.45) is 5.84 Å². The van der Waals surface area contributed by atoms with E-state index in [0.717, 1.165) is 5.56 Å². The molecule has 0 bridgehead atoms. The maximum atomic E-state index is 11.1. The van der Waals surface area contributed by atoms with Crippen molar-refractivity contribution in [3.8, 4) is 11.1 Å². The van der Waals surface area contributed by atoms with Crippen LogP contribution < -0.4 is 17.0 Å². The standard InChI is InChI=1S/C13H13N3O2/c14-9-4-1-3-8(7-9)10-5-2-6-11(13(17)18)12(10)16-15/h1-7,16H,14-15H2,(H,17,18). The first-order valence-corrected chi connectivity index (χ1v) is 5.32. The molecule has 0 aliphatic heterocycles. The van der Waals surface area contributed by atoms with E-state index in [2.05, 4.69) is 5.43 Å². The van der Waals surface area contributed by atoms with Crippen LogP contribution in [0.25, 0.3) is 11.1 Å². The molecule has 0 heterocycles. The molecule has 0 aliphatic carbocycles. The summed E-state index contributed by atoms with van der Waals surface area (Å²) < 4.78 is 0. The minimum Gasteiger partial charge on any atom is -0.478 e. The minimum atomic E-state index is -1.03. The van der Waals surface area contributed by atoms with Gasteiger partial charge in [-0.25, -0.2) is 4.79 Å². The lowest BCUT2D eigenvalue weighted by atomic mass is 10.00. The Morgan fingerprint density at radius 1 is 1.17 bits per heavy atom. The number of hydrogen-bond donors (Lipinski definition) is 4. The van der Waals surface area contributed by atoms with Crippen molar-refractivity contribution in [2.45, 2.75) is 0 Å². The number of para-hydroxylation sites is 1. The van der Waals surface area contributed by atoms with Gasteiger partial charge in [-0.3, -0.25) is 5.84 Å². The van der Waals surface area contributed by atoms with Crippen LogP contribution in [0.5, 0.6) is 0 Å². The maximum Gasteiger partial charge on any atom is 0.337 e. The second-order valence-corrected chi connectivity index (χ2v) is 3.80. The molecule has 0 aromatic heterocycles. The van der Waals surface area contributed by atoms with Gasteiger partial charge in [0.05, 0.1) is 11.3 Å². The Labute approximate surface area is 104 Å². The number of hydrogen-bond acceptors (Lipinski definition) is 4. The molecule has 0 unspecified atom stereocenters. The molecule has 2 rings (SSSR count). The van der Waals surface area contributed by atoms with E-state index in [0.29, 0.717) is 16.9 Å². The first kappa shape index (κ1) is 11.9. The summed E-state index contributed by atoms with van der Waals surface area (Å²) in [6.07, 6.45) is 0. The largest absolute Gasteiger partial charge is 0.478 e. The van der Waals surface area contributed by atoms with Gasteiger partial charge in [-0.05, 0) is 23.8 Å². The predicted molar refractivity (Wildman–Crippen MR) is 71.1 cm³/mol. The second kappa shape index (κ2) is 4.77. The summed E-state index contributed by atoms with van der Waals surface area (Å²) in [6.45, 7) is 0. The fraction of sp³-hybridized carbons (Fsp3) is 0. The van der Waals surface area contributed by atoms with Crippen LogP contribution in [0.3, 0.4) is 0 Å². The number of nitrogens with one attached hydrogen (secondary N) is 1. The van der Waals surface area contributed by atoms with E-state index in [1.54, 1.807) is 30.3 Å². The molecule has 6 N–H and O–H groups in total. The number of carbonyl (C=O) groups is 1. The summed E-state index contributed by atoms with van der Waals surface area (Å²) in [7, 11) is 0. The van der Waals surface area contributed by atoms with E-state index in [9.17, 15) is 4.79 Å². The van der Waals surface area contributed by atoms with Crippen molar-refractivity contribution >= 4 is 17.3 Å². The molecule has 0 atom stereocenters. The van der Waals surface area contributed by atoms with Gasteiger partial charge < -0.3 is 16.3 Å². The van der Waals surface area contributed by atoms with Crippen LogP contribution in [-0.4, -0.2) is 11.1 Å². The molecular formula is C13H13N3O2. The summed E-state index contributed by atoms with van der Waals surface area (Å²) in [5.41, 5.74) is 10.8. The average Bonchev–Trinajstić information content (AvgIpc) is 2.37. The van der Waals surface area contributed by atoms with E-state index in [1.807, 2.05) is 6.07 Å². The van der Waals surface area contributed by atoms with Gasteiger partial charge in [-0.15, -0.1) is 0 Å². The SMILES string of the molecule is NNc1c(C(=O)O)cccc1-c1cccc(N)c1. The second-order valence-electron chi connectivity index (χ2n) is 3.80. The molecule has 5 nitrogen and oxygen atoms in total. The quantitative estimate of drug-likeness (QED) is 0.375. The van der Waals surface area contributed by atoms with Gasteiger partial charge in [0.2, 0.25) is 0 Å². The first-order chi connectivity index (χ1) is 8.63. The highest BCUT2D eigenvalue weighted by Crippen LogP contribution is 2.31. The highest BCUT2D eigenvalue weighted by molar-refractivity contribution is 5.99. The molecule has 5 heteroatoms. The van der Waals surface area contributed by atoms with Gasteiger partial charge >= 0.3 is 5.97 Å². The van der Waals surface area contributed by atoms with Crippen LogP contribution in [0.2, 0.25) is 0 Å². The molecule has 0 saturated heterocycles. The third-order valence-corrected chi connectivity index (χ3v) is 2.64. The highest BCUT2D eigenvalue weighted by Gasteiger charge is 2.14. The zero-order chi connectivity index (χ0) is 13.1. The lowest BCUT2D eigenvalue weighted by Crippen LogP contribution is -2.13. The van der Waals surface area contributed by atoms with Gasteiger partial charge in [0, 0.05) is 11.3 Å². The molecule has 0 amide bonds. The maximum absolute atomic E-state index is 11.1. The number of rotatable bonds is 3. The summed E-state index contributed by atoms with van der Waals surface area (Å²) in [6, 6.07) is 12.1. The minimum absolute atomic E-state index is 0.123. The van der Waals surface area contributed by atoms with Gasteiger partial charge in [-0.1, -0.05) is 24.3 Å². The fourth-order valence-corrected chi connectivity index (χ4v) is 1.83. The zero-order valence-electron chi connectivity index (χ0n) is 9.55. The Kier molecular flexibility index (Phi) is 3.16. The van der Waals surface area contributed by atoms with Crippen molar-refractivity contribution in [2.75, 3.05) is 11.2 Å². The number of anilines is 2. The fourth-order valence-electron chi connectivity index (χ4n) is 1.83. The first-order valence-electron chi connectivity index (χ1n) is 5.32. The van der Waals surface area contributed by atoms with Crippen LogP contribution in [0, 0.1) is 0 Å². The Balaban J connectivity index is 2.64. The monoisotopic (exact) mass is 243 g/mol. The summed E-state index contributed by atoms with van der Waals surface area (Å²) >= 11 is 0. The number of aromatic carboxylic acids is 1. The van der Waals surface area contributed by atoms with E-state index in [1.165, 1.54) is 6.07 Å². The average molecular weight is 243 g/mol. The number of hydrazine groups is 1. The molecule has 0 fully saturated rings. The van der Waals surface area contributed by atoms with Crippen molar-refractivity contribution in [3.05, 3.63) is 48.0 Å². The van der Waals surface area contributed by atoms with Crippen LogP contribution in [0.15, 0.2) is 42.5 Å². The molecule has 92 valence electrons. The molecule has 18 heavy (non-hydrogen) atoms. The van der Waals surface area contributed by atoms with Crippen LogP contribution in [-0.2, 0) is 0 Å². The van der Waals surface area contributed by atoms with Crippen molar-refractivity contribution in [1.29, 1.82) is 0 Å². The van der Waals surface area contributed by atoms with E-state index in [4.69, 9.17) is 16.7 Å². The number of carboxylic acids is 1. The summed E-state index contributed by atoms with van der Waals surface area (Å²) in [5.74, 6) is 4.39. The van der Waals surface area contributed by atoms with Gasteiger partial charge in [0.1, 0.15) is 0 Å². The van der Waals surface area contributed by atoms with Crippen molar-refractivity contribution in [1.82, 2.24) is 0 Å². The number of carboxylic acid groups (broad SMARTS) is 1. The van der Waals surface area contributed by atoms with E-state index >= 15 is 0 Å². The summed E-state index contributed by atoms with van der Waals surface area (Å²) in [4.78, 5) is 11.1. The topological polar surface area (TPSA) is 101 Å². The Hall–Kier alpha value is -2.53. The number of benzene rings is 2. The van der Waals surface area contributed by atoms with Gasteiger partial charge in [0.15, 0.2) is 0 Å². The van der Waals surface area contributed by atoms with Crippen molar-refractivity contribution < 1.29 is 9.90 Å². The van der Waals surface area contributed by atoms with Gasteiger partial charge in [0.25, 0.3) is 0 Å². The molecule has 0 saturated carbocycles. The Bertz CT molecular complexity index is 597.